The first-order chi connectivity index (χ1) is 5.88. The maximum Gasteiger partial charge on any atom is 0.0385 e. The maximum absolute atomic E-state index is 5.58. The number of nitrogens with one attached hydrogen (secondary N) is 1. The van der Waals surface area contributed by atoms with E-state index in [1.165, 1.54) is 11.3 Å². The zero-order valence-corrected chi connectivity index (χ0v) is 7.51. The van der Waals surface area contributed by atoms with Crippen molar-refractivity contribution in [1.29, 1.82) is 0 Å². The van der Waals surface area contributed by atoms with Crippen LogP contribution in [0, 0.1) is 0 Å². The molecule has 1 rings (SSSR count). The van der Waals surface area contributed by atoms with E-state index >= 15 is 0 Å². The Labute approximate surface area is 73.8 Å². The van der Waals surface area contributed by atoms with E-state index in [9.17, 15) is 0 Å². The van der Waals surface area contributed by atoms with Gasteiger partial charge < -0.3 is 11.1 Å². The molecule has 66 valence electrons. The molecule has 0 aliphatic heterocycles. The molecule has 0 saturated heterocycles. The van der Waals surface area contributed by atoms with Crippen LogP contribution in [-0.2, 0) is 6.54 Å². The van der Waals surface area contributed by atoms with Crippen molar-refractivity contribution in [1.82, 2.24) is 0 Å². The minimum Gasteiger partial charge on any atom is -0.385 e. The van der Waals surface area contributed by atoms with Crippen molar-refractivity contribution in [2.75, 3.05) is 11.9 Å². The number of benzene rings is 1. The van der Waals surface area contributed by atoms with Crippen LogP contribution in [-0.4, -0.2) is 6.54 Å². The van der Waals surface area contributed by atoms with Gasteiger partial charge in [-0.1, -0.05) is 25.1 Å². The van der Waals surface area contributed by atoms with Gasteiger partial charge in [0.05, 0.1) is 0 Å². The minimum absolute atomic E-state index is 0.604. The predicted molar refractivity (Wildman–Crippen MR) is 53.1 cm³/mol. The van der Waals surface area contributed by atoms with Gasteiger partial charge in [-0.2, -0.15) is 0 Å². The first-order valence-electron chi connectivity index (χ1n) is 4.40. The zero-order chi connectivity index (χ0) is 8.81. The molecule has 0 aliphatic rings. The molecular formula is C10H16N2. The summed E-state index contributed by atoms with van der Waals surface area (Å²) < 4.78 is 0. The van der Waals surface area contributed by atoms with Gasteiger partial charge in [0.1, 0.15) is 0 Å². The second-order valence-corrected chi connectivity index (χ2v) is 2.79. The van der Waals surface area contributed by atoms with Gasteiger partial charge in [-0.25, -0.2) is 0 Å². The summed E-state index contributed by atoms with van der Waals surface area (Å²) in [5.74, 6) is 0. The summed E-state index contributed by atoms with van der Waals surface area (Å²) in [5.41, 5.74) is 7.94. The van der Waals surface area contributed by atoms with Crippen LogP contribution in [0.15, 0.2) is 24.3 Å². The lowest BCUT2D eigenvalue weighted by Gasteiger charge is -2.08. The van der Waals surface area contributed by atoms with Crippen LogP contribution in [0.5, 0.6) is 0 Å². The summed E-state index contributed by atoms with van der Waals surface area (Å²) in [7, 11) is 0. The van der Waals surface area contributed by atoms with Gasteiger partial charge in [-0.05, 0) is 18.1 Å². The van der Waals surface area contributed by atoms with E-state index in [0.717, 1.165) is 13.0 Å². The summed E-state index contributed by atoms with van der Waals surface area (Å²) in [4.78, 5) is 0. The third kappa shape index (κ3) is 2.24. The van der Waals surface area contributed by atoms with Gasteiger partial charge in [-0.15, -0.1) is 0 Å². The molecule has 0 aromatic heterocycles. The van der Waals surface area contributed by atoms with Gasteiger partial charge in [0.15, 0.2) is 0 Å². The topological polar surface area (TPSA) is 38.0 Å². The van der Waals surface area contributed by atoms with Crippen LogP contribution in [0.4, 0.5) is 5.69 Å². The molecule has 0 radical (unpaired) electrons. The fourth-order valence-corrected chi connectivity index (χ4v) is 1.13. The van der Waals surface area contributed by atoms with Crippen molar-refractivity contribution in [2.45, 2.75) is 19.9 Å². The van der Waals surface area contributed by atoms with E-state index in [2.05, 4.69) is 24.4 Å². The molecular weight excluding hydrogens is 148 g/mol. The minimum atomic E-state index is 0.604. The molecule has 2 nitrogen and oxygen atoms in total. The molecule has 0 bridgehead atoms. The molecule has 0 spiro atoms. The summed E-state index contributed by atoms with van der Waals surface area (Å²) in [6.07, 6.45) is 1.14. The van der Waals surface area contributed by atoms with Crippen LogP contribution in [0.25, 0.3) is 0 Å². The zero-order valence-electron chi connectivity index (χ0n) is 7.51. The molecule has 0 aliphatic carbocycles. The van der Waals surface area contributed by atoms with Crippen molar-refractivity contribution in [2.24, 2.45) is 5.73 Å². The van der Waals surface area contributed by atoms with Crippen molar-refractivity contribution in [3.8, 4) is 0 Å². The lowest BCUT2D eigenvalue weighted by Crippen LogP contribution is -2.05. The molecule has 12 heavy (non-hydrogen) atoms. The molecule has 0 heterocycles. The van der Waals surface area contributed by atoms with Gasteiger partial charge in [0.25, 0.3) is 0 Å². The highest BCUT2D eigenvalue weighted by Gasteiger charge is 1.96. The van der Waals surface area contributed by atoms with E-state index in [4.69, 9.17) is 5.73 Å². The number of nitrogens with two attached hydrogens (primary N) is 1. The van der Waals surface area contributed by atoms with Crippen LogP contribution in [0.1, 0.15) is 18.9 Å². The maximum atomic E-state index is 5.58. The fraction of sp³-hybridized carbons (Fsp3) is 0.400. The van der Waals surface area contributed by atoms with E-state index in [-0.39, 0.29) is 0 Å². The Morgan fingerprint density at radius 3 is 2.75 bits per heavy atom. The van der Waals surface area contributed by atoms with E-state index in [0.29, 0.717) is 6.54 Å². The lowest BCUT2D eigenvalue weighted by molar-refractivity contribution is 0.968. The van der Waals surface area contributed by atoms with E-state index in [1.54, 1.807) is 0 Å². The summed E-state index contributed by atoms with van der Waals surface area (Å²) >= 11 is 0. The Morgan fingerprint density at radius 1 is 1.33 bits per heavy atom. The van der Waals surface area contributed by atoms with E-state index in [1.807, 2.05) is 12.1 Å². The third-order valence-corrected chi connectivity index (χ3v) is 1.80. The van der Waals surface area contributed by atoms with Crippen molar-refractivity contribution in [3.05, 3.63) is 29.8 Å². The van der Waals surface area contributed by atoms with Gasteiger partial charge in [0, 0.05) is 18.8 Å². The first kappa shape index (κ1) is 9.07. The molecule has 0 unspecified atom stereocenters. The number of anilines is 1. The second-order valence-electron chi connectivity index (χ2n) is 2.79. The second kappa shape index (κ2) is 4.78. The molecule has 0 amide bonds. The predicted octanol–water partition coefficient (Wildman–Crippen LogP) is 1.97. The summed E-state index contributed by atoms with van der Waals surface area (Å²) in [5, 5.41) is 3.33. The molecule has 3 N–H and O–H groups in total. The first-order valence-corrected chi connectivity index (χ1v) is 4.40. The summed E-state index contributed by atoms with van der Waals surface area (Å²) in [6.45, 7) is 3.77. The van der Waals surface area contributed by atoms with Crippen LogP contribution >= 0.6 is 0 Å². The highest BCUT2D eigenvalue weighted by molar-refractivity contribution is 5.50. The molecule has 0 fully saturated rings. The third-order valence-electron chi connectivity index (χ3n) is 1.80. The van der Waals surface area contributed by atoms with Gasteiger partial charge in [-0.3, -0.25) is 0 Å². The summed E-state index contributed by atoms with van der Waals surface area (Å²) in [6, 6.07) is 8.16. The van der Waals surface area contributed by atoms with Gasteiger partial charge in [0.2, 0.25) is 0 Å². The largest absolute Gasteiger partial charge is 0.385 e. The lowest BCUT2D eigenvalue weighted by atomic mass is 10.2. The Kier molecular flexibility index (Phi) is 3.61. The Hall–Kier alpha value is -1.02. The molecule has 0 atom stereocenters. The molecule has 0 saturated carbocycles. The number of hydrogen-bond acceptors (Lipinski definition) is 2. The SMILES string of the molecule is CCCNc1ccccc1CN. The van der Waals surface area contributed by atoms with Crippen LogP contribution in [0.2, 0.25) is 0 Å². The Bertz CT molecular complexity index is 233. The fourth-order valence-electron chi connectivity index (χ4n) is 1.13. The smallest absolute Gasteiger partial charge is 0.0385 e. The molecule has 1 aromatic rings. The normalized spacial score (nSPS) is 9.83. The van der Waals surface area contributed by atoms with Crippen molar-refractivity contribution < 1.29 is 0 Å². The quantitative estimate of drug-likeness (QED) is 0.714. The molecule has 2 heteroatoms. The Morgan fingerprint density at radius 2 is 2.08 bits per heavy atom. The highest BCUT2D eigenvalue weighted by Crippen LogP contribution is 2.13. The average molecular weight is 164 g/mol. The van der Waals surface area contributed by atoms with Crippen LogP contribution < -0.4 is 11.1 Å². The van der Waals surface area contributed by atoms with Crippen molar-refractivity contribution in [3.63, 3.8) is 0 Å². The average Bonchev–Trinajstić information content (AvgIpc) is 2.15. The number of rotatable bonds is 4. The number of hydrogen-bond donors (Lipinski definition) is 2. The van der Waals surface area contributed by atoms with Crippen LogP contribution in [0.3, 0.4) is 0 Å². The number of para-hydroxylation sites is 1. The highest BCUT2D eigenvalue weighted by atomic mass is 14.9. The molecule has 1 aromatic carbocycles. The van der Waals surface area contributed by atoms with Gasteiger partial charge >= 0.3 is 0 Å². The van der Waals surface area contributed by atoms with Crippen molar-refractivity contribution >= 4 is 5.69 Å². The standard InChI is InChI=1S/C10H16N2/c1-2-7-12-10-6-4-3-5-9(10)8-11/h3-6,12H,2,7-8,11H2,1H3. The Balaban J connectivity index is 2.68. The van der Waals surface area contributed by atoms with E-state index < -0.39 is 0 Å². The monoisotopic (exact) mass is 164 g/mol.